The van der Waals surface area contributed by atoms with Crippen LogP contribution in [0.1, 0.15) is 106 Å². The van der Waals surface area contributed by atoms with Gasteiger partial charge in [0.15, 0.2) is 0 Å². The molecule has 0 aromatic carbocycles. The molecule has 0 rings (SSSR count). The number of Topliss-reactive ketones (excluding diaryl/α,β-unsaturated/α-hetero) is 1. The first-order chi connectivity index (χ1) is 14.6. The van der Waals surface area contributed by atoms with Crippen LogP contribution in [0.15, 0.2) is 58.2 Å². The molecule has 0 saturated heterocycles. The van der Waals surface area contributed by atoms with E-state index in [-0.39, 0.29) is 5.78 Å². The van der Waals surface area contributed by atoms with Crippen LogP contribution in [0.25, 0.3) is 0 Å². The van der Waals surface area contributed by atoms with Gasteiger partial charge in [0.05, 0.1) is 0 Å². The third-order valence-electron chi connectivity index (χ3n) is 5.41. The lowest BCUT2D eigenvalue weighted by Crippen LogP contribution is -1.95. The Morgan fingerprint density at radius 3 is 1.10 bits per heavy atom. The van der Waals surface area contributed by atoms with Crippen LogP contribution < -0.4 is 0 Å². The van der Waals surface area contributed by atoms with Gasteiger partial charge in [-0.25, -0.2) is 4.79 Å². The minimum atomic E-state index is -0.833. The molecule has 0 aliphatic carbocycles. The summed E-state index contributed by atoms with van der Waals surface area (Å²) in [7, 11) is 0. The first-order valence-electron chi connectivity index (χ1n) is 11.6. The predicted octanol–water partition coefficient (Wildman–Crippen LogP) is 8.29. The lowest BCUT2D eigenvalue weighted by atomic mass is 10.0. The van der Waals surface area contributed by atoms with Gasteiger partial charge in [-0.1, -0.05) is 52.7 Å². The molecule has 31 heavy (non-hydrogen) atoms. The van der Waals surface area contributed by atoms with Crippen molar-refractivity contribution in [2.24, 2.45) is 0 Å². The number of carboxylic acids is 1. The molecule has 0 saturated carbocycles. The van der Waals surface area contributed by atoms with Crippen molar-refractivity contribution >= 4 is 11.8 Å². The van der Waals surface area contributed by atoms with E-state index in [4.69, 9.17) is 5.11 Å². The summed E-state index contributed by atoms with van der Waals surface area (Å²) in [5.74, 6) is -0.574. The van der Waals surface area contributed by atoms with Gasteiger partial charge >= 0.3 is 5.97 Å². The fraction of sp³-hybridized carbons (Fsp3) is 0.571. The molecule has 0 bridgehead atoms. The van der Waals surface area contributed by atoms with E-state index in [9.17, 15) is 9.59 Å². The van der Waals surface area contributed by atoms with Crippen molar-refractivity contribution in [2.45, 2.75) is 106 Å². The van der Waals surface area contributed by atoms with Gasteiger partial charge in [-0.2, -0.15) is 0 Å². The number of carbonyl (C=O) groups is 2. The summed E-state index contributed by atoms with van der Waals surface area (Å²) in [5, 5.41) is 8.86. The van der Waals surface area contributed by atoms with Gasteiger partial charge < -0.3 is 9.90 Å². The van der Waals surface area contributed by atoms with E-state index in [1.54, 1.807) is 19.9 Å². The maximum absolute atomic E-state index is 11.0. The number of carbonyl (C=O) groups excluding carboxylic acids is 1. The van der Waals surface area contributed by atoms with E-state index in [0.717, 1.165) is 57.8 Å². The average Bonchev–Trinajstić information content (AvgIpc) is 2.67. The molecule has 0 amide bonds. The summed E-state index contributed by atoms with van der Waals surface area (Å²) in [6.07, 6.45) is 20.6. The lowest BCUT2D eigenvalue weighted by molar-refractivity contribution is -0.132. The van der Waals surface area contributed by atoms with E-state index in [1.807, 2.05) is 0 Å². The Balaban J connectivity index is 4.12. The van der Waals surface area contributed by atoms with Crippen molar-refractivity contribution < 1.29 is 14.7 Å². The number of carboxylic acid groups (broad SMARTS) is 1. The molecule has 1 N–H and O–H groups in total. The molecule has 0 aromatic heterocycles. The van der Waals surface area contributed by atoms with Gasteiger partial charge in [-0.05, 0) is 99.3 Å². The zero-order valence-corrected chi connectivity index (χ0v) is 20.7. The van der Waals surface area contributed by atoms with Gasteiger partial charge in [-0.15, -0.1) is 0 Å². The topological polar surface area (TPSA) is 54.4 Å². The highest BCUT2D eigenvalue weighted by Gasteiger charge is 1.98. The summed E-state index contributed by atoms with van der Waals surface area (Å²) in [6.45, 7) is 12.0. The molecule has 3 heteroatoms. The molecule has 0 aromatic rings. The predicted molar refractivity (Wildman–Crippen MR) is 133 cm³/mol. The zero-order valence-electron chi connectivity index (χ0n) is 20.7. The Kier molecular flexibility index (Phi) is 16.3. The number of rotatable bonds is 16. The summed E-state index contributed by atoms with van der Waals surface area (Å²) in [5.41, 5.74) is 6.00. The van der Waals surface area contributed by atoms with E-state index < -0.39 is 5.97 Å². The highest BCUT2D eigenvalue weighted by atomic mass is 16.4. The van der Waals surface area contributed by atoms with Gasteiger partial charge in [-0.3, -0.25) is 0 Å². The fourth-order valence-corrected chi connectivity index (χ4v) is 3.17. The largest absolute Gasteiger partial charge is 0.478 e. The van der Waals surface area contributed by atoms with Gasteiger partial charge in [0.1, 0.15) is 5.78 Å². The monoisotopic (exact) mass is 428 g/mol. The number of allylic oxidation sites excluding steroid dienone is 9. The molecule has 3 nitrogen and oxygen atoms in total. The number of ketones is 1. The highest BCUT2D eigenvalue weighted by Crippen LogP contribution is 2.15. The normalized spacial score (nSPS) is 14.2. The van der Waals surface area contributed by atoms with E-state index in [1.165, 1.54) is 22.3 Å². The van der Waals surface area contributed by atoms with E-state index in [0.29, 0.717) is 12.0 Å². The molecule has 0 fully saturated rings. The van der Waals surface area contributed by atoms with E-state index >= 15 is 0 Å². The molecule has 0 aliphatic rings. The lowest BCUT2D eigenvalue weighted by Gasteiger charge is -2.03. The molecule has 0 unspecified atom stereocenters. The Labute approximate surface area is 190 Å². The molecular formula is C28H44O3. The minimum Gasteiger partial charge on any atom is -0.478 e. The van der Waals surface area contributed by atoms with Gasteiger partial charge in [0, 0.05) is 12.0 Å². The van der Waals surface area contributed by atoms with Gasteiger partial charge in [0.25, 0.3) is 0 Å². The third-order valence-corrected chi connectivity index (χ3v) is 5.41. The smallest absolute Gasteiger partial charge is 0.330 e. The van der Waals surface area contributed by atoms with Crippen LogP contribution in [0.5, 0.6) is 0 Å². The molecule has 0 radical (unpaired) electrons. The van der Waals surface area contributed by atoms with E-state index in [2.05, 4.69) is 52.0 Å². The van der Waals surface area contributed by atoms with Crippen molar-refractivity contribution in [1.29, 1.82) is 0 Å². The number of hydrogen-bond donors (Lipinski definition) is 1. The quantitative estimate of drug-likeness (QED) is 0.199. The summed E-state index contributed by atoms with van der Waals surface area (Å²) >= 11 is 0. The number of hydrogen-bond acceptors (Lipinski definition) is 2. The molecule has 0 atom stereocenters. The number of aliphatic carboxylic acids is 1. The molecule has 0 aliphatic heterocycles. The van der Waals surface area contributed by atoms with Crippen LogP contribution in [-0.2, 0) is 9.59 Å². The first kappa shape index (κ1) is 28.8. The van der Waals surface area contributed by atoms with Crippen LogP contribution in [0.2, 0.25) is 0 Å². The van der Waals surface area contributed by atoms with Crippen LogP contribution in [-0.4, -0.2) is 16.9 Å². The minimum absolute atomic E-state index is 0.259. The second-order valence-electron chi connectivity index (χ2n) is 8.79. The maximum atomic E-state index is 11.0. The Morgan fingerprint density at radius 2 is 0.806 bits per heavy atom. The van der Waals surface area contributed by atoms with Gasteiger partial charge in [0.2, 0.25) is 0 Å². The average molecular weight is 429 g/mol. The van der Waals surface area contributed by atoms with Crippen molar-refractivity contribution in [3.8, 4) is 0 Å². The molecular weight excluding hydrogens is 384 g/mol. The molecule has 174 valence electrons. The van der Waals surface area contributed by atoms with Crippen molar-refractivity contribution in [2.75, 3.05) is 0 Å². The highest BCUT2D eigenvalue weighted by molar-refractivity contribution is 5.85. The Hall–Kier alpha value is -2.16. The van der Waals surface area contributed by atoms with Crippen molar-refractivity contribution in [3.05, 3.63) is 58.2 Å². The second-order valence-corrected chi connectivity index (χ2v) is 8.79. The maximum Gasteiger partial charge on any atom is 0.330 e. The molecule has 0 spiro atoms. The van der Waals surface area contributed by atoms with Crippen molar-refractivity contribution in [3.63, 3.8) is 0 Å². The van der Waals surface area contributed by atoms with Crippen LogP contribution >= 0.6 is 0 Å². The second kappa shape index (κ2) is 17.5. The van der Waals surface area contributed by atoms with Crippen molar-refractivity contribution in [1.82, 2.24) is 0 Å². The van der Waals surface area contributed by atoms with Crippen LogP contribution in [0.3, 0.4) is 0 Å². The zero-order chi connectivity index (χ0) is 23.6. The standard InChI is InChI=1S/C28H44O3/c1-22(14-8-16-24(3)18-10-20-26(5)28(30)31)12-7-13-23(2)15-9-17-25(4)19-11-21-27(6)29/h12,15-16,19-20H,7-11,13-14,17-18,21H2,1-6H3,(H,30,31). The Bertz CT molecular complexity index is 715. The summed E-state index contributed by atoms with van der Waals surface area (Å²) in [4.78, 5) is 21.8. The van der Waals surface area contributed by atoms with Crippen LogP contribution in [0, 0.1) is 0 Å². The summed E-state index contributed by atoms with van der Waals surface area (Å²) < 4.78 is 0. The van der Waals surface area contributed by atoms with Crippen LogP contribution in [0.4, 0.5) is 0 Å². The Morgan fingerprint density at radius 1 is 0.516 bits per heavy atom. The molecule has 0 heterocycles. The first-order valence-corrected chi connectivity index (χ1v) is 11.6. The summed E-state index contributed by atoms with van der Waals surface area (Å²) in [6, 6.07) is 0. The third kappa shape index (κ3) is 18.3. The SMILES string of the molecule is CC(=O)CCC=C(C)CCC=C(C)CCC=C(C)CCC=C(C)CCC=C(C)C(=O)O. The fourth-order valence-electron chi connectivity index (χ4n) is 3.17.